The molecule has 31 heavy (non-hydrogen) atoms. The van der Waals surface area contributed by atoms with Crippen molar-refractivity contribution < 1.29 is 19.4 Å². The highest BCUT2D eigenvalue weighted by atomic mass is 16.5. The second kappa shape index (κ2) is 11.8. The van der Waals surface area contributed by atoms with Gasteiger partial charge in [0.25, 0.3) is 0 Å². The maximum Gasteiger partial charge on any atom is 0.333 e. The first-order valence-corrected chi connectivity index (χ1v) is 11.6. The number of aromatic nitrogens is 1. The topological polar surface area (TPSA) is 68.7 Å². The normalized spacial score (nSPS) is 15.7. The molecule has 5 nitrogen and oxygen atoms in total. The Hall–Kier alpha value is -2.40. The van der Waals surface area contributed by atoms with Crippen molar-refractivity contribution in [1.29, 1.82) is 0 Å². The van der Waals surface area contributed by atoms with Crippen molar-refractivity contribution >= 4 is 5.97 Å². The zero-order valence-corrected chi connectivity index (χ0v) is 18.8. The molecule has 1 N–H and O–H groups in total. The highest BCUT2D eigenvalue weighted by molar-refractivity contribution is 5.72. The van der Waals surface area contributed by atoms with E-state index in [4.69, 9.17) is 9.47 Å². The van der Waals surface area contributed by atoms with Gasteiger partial charge in [0.15, 0.2) is 6.10 Å². The van der Waals surface area contributed by atoms with Gasteiger partial charge in [-0.1, -0.05) is 31.4 Å². The van der Waals surface area contributed by atoms with Gasteiger partial charge in [0.1, 0.15) is 5.75 Å². The van der Waals surface area contributed by atoms with Gasteiger partial charge in [0.05, 0.1) is 12.7 Å². The molecule has 0 saturated heterocycles. The van der Waals surface area contributed by atoms with E-state index in [0.717, 1.165) is 29.8 Å². The third-order valence-electron chi connectivity index (χ3n) is 5.82. The van der Waals surface area contributed by atoms with Crippen LogP contribution in [0.15, 0.2) is 42.6 Å². The summed E-state index contributed by atoms with van der Waals surface area (Å²) in [6.45, 7) is 4.32. The summed E-state index contributed by atoms with van der Waals surface area (Å²) >= 11 is 0. The minimum absolute atomic E-state index is 0.128. The maximum atomic E-state index is 11.4. The number of hydrogen-bond acceptors (Lipinski definition) is 4. The summed E-state index contributed by atoms with van der Waals surface area (Å²) in [6.07, 6.45) is 9.44. The van der Waals surface area contributed by atoms with E-state index in [1.54, 1.807) is 6.20 Å². The number of hydrogen-bond donors (Lipinski definition) is 1. The number of benzene rings is 1. The summed E-state index contributed by atoms with van der Waals surface area (Å²) in [6, 6.07) is 12.4. The van der Waals surface area contributed by atoms with Crippen LogP contribution in [0.4, 0.5) is 0 Å². The van der Waals surface area contributed by atoms with Gasteiger partial charge in [-0.3, -0.25) is 4.98 Å². The Morgan fingerprint density at radius 2 is 1.87 bits per heavy atom. The molecular weight excluding hydrogens is 390 g/mol. The lowest BCUT2D eigenvalue weighted by atomic mass is 9.84. The lowest BCUT2D eigenvalue weighted by Gasteiger charge is -2.22. The summed E-state index contributed by atoms with van der Waals surface area (Å²) in [5.74, 6) is 0.694. The summed E-state index contributed by atoms with van der Waals surface area (Å²) in [7, 11) is 0. The Labute approximate surface area is 185 Å². The van der Waals surface area contributed by atoms with Crippen LogP contribution in [-0.4, -0.2) is 34.9 Å². The number of nitrogens with zero attached hydrogens (tertiary/aromatic N) is 1. The van der Waals surface area contributed by atoms with Crippen LogP contribution in [0, 0.1) is 0 Å². The number of carboxylic acid groups (broad SMARTS) is 1. The highest BCUT2D eigenvalue weighted by Gasteiger charge is 2.20. The lowest BCUT2D eigenvalue weighted by molar-refractivity contribution is -0.153. The zero-order chi connectivity index (χ0) is 22.1. The maximum absolute atomic E-state index is 11.4. The molecule has 168 valence electrons. The number of carboxylic acids is 1. The second-order valence-corrected chi connectivity index (χ2v) is 8.73. The Kier molecular flexibility index (Phi) is 8.89. The molecule has 1 atom stereocenters. The predicted molar refractivity (Wildman–Crippen MR) is 122 cm³/mol. The van der Waals surface area contributed by atoms with Crippen molar-refractivity contribution in [3.63, 3.8) is 0 Å². The molecular formula is C26H35NO4. The predicted octanol–water partition coefficient (Wildman–Crippen LogP) is 5.56. The summed E-state index contributed by atoms with van der Waals surface area (Å²) < 4.78 is 11.4. The van der Waals surface area contributed by atoms with Crippen LogP contribution < -0.4 is 4.74 Å². The van der Waals surface area contributed by atoms with Gasteiger partial charge >= 0.3 is 5.97 Å². The SMILES string of the molecule is CC(C)OC(Cc1ccnc(CCCOc2ccc(C3CCCCC3)cc2)c1)C(=O)O. The fraction of sp³-hybridized carbons (Fsp3) is 0.538. The monoisotopic (exact) mass is 425 g/mol. The van der Waals surface area contributed by atoms with Crippen LogP contribution in [-0.2, 0) is 22.4 Å². The zero-order valence-electron chi connectivity index (χ0n) is 18.8. The average molecular weight is 426 g/mol. The van der Waals surface area contributed by atoms with E-state index in [1.165, 1.54) is 37.7 Å². The standard InChI is InChI=1S/C26H35NO4/c1-19(2)31-25(26(28)29)18-20-14-15-27-23(17-20)9-6-16-30-24-12-10-22(11-13-24)21-7-4-3-5-8-21/h10-15,17,19,21,25H,3-9,16,18H2,1-2H3,(H,28,29). The Bertz CT molecular complexity index is 812. The summed E-state index contributed by atoms with van der Waals surface area (Å²) in [5.41, 5.74) is 3.31. The molecule has 3 rings (SSSR count). The Balaban J connectivity index is 1.44. The fourth-order valence-corrected chi connectivity index (χ4v) is 4.24. The van der Waals surface area contributed by atoms with Crippen LogP contribution in [0.25, 0.3) is 0 Å². The number of aryl methyl sites for hydroxylation is 1. The van der Waals surface area contributed by atoms with Gasteiger partial charge < -0.3 is 14.6 Å². The average Bonchev–Trinajstić information content (AvgIpc) is 2.77. The molecule has 0 amide bonds. The third-order valence-corrected chi connectivity index (χ3v) is 5.82. The number of rotatable bonds is 11. The van der Waals surface area contributed by atoms with E-state index >= 15 is 0 Å². The van der Waals surface area contributed by atoms with Crippen molar-refractivity contribution in [2.75, 3.05) is 6.61 Å². The highest BCUT2D eigenvalue weighted by Crippen LogP contribution is 2.33. The second-order valence-electron chi connectivity index (χ2n) is 8.73. The van der Waals surface area contributed by atoms with Crippen molar-refractivity contribution in [2.45, 2.75) is 83.3 Å². The molecule has 1 aromatic carbocycles. The number of carbonyl (C=O) groups is 1. The first-order chi connectivity index (χ1) is 15.0. The lowest BCUT2D eigenvalue weighted by Crippen LogP contribution is -2.29. The third kappa shape index (κ3) is 7.66. The van der Waals surface area contributed by atoms with Crippen LogP contribution >= 0.6 is 0 Å². The minimum Gasteiger partial charge on any atom is -0.494 e. The molecule has 0 radical (unpaired) electrons. The van der Waals surface area contributed by atoms with Gasteiger partial charge in [-0.25, -0.2) is 4.79 Å². The fourth-order valence-electron chi connectivity index (χ4n) is 4.24. The van der Waals surface area contributed by atoms with Crippen LogP contribution in [0.3, 0.4) is 0 Å². The number of ether oxygens (including phenoxy) is 2. The molecule has 0 aliphatic heterocycles. The molecule has 0 bridgehead atoms. The van der Waals surface area contributed by atoms with Gasteiger partial charge in [0, 0.05) is 18.3 Å². The van der Waals surface area contributed by atoms with Crippen LogP contribution in [0.2, 0.25) is 0 Å². The van der Waals surface area contributed by atoms with E-state index in [9.17, 15) is 9.90 Å². The molecule has 5 heteroatoms. The van der Waals surface area contributed by atoms with Gasteiger partial charge in [-0.15, -0.1) is 0 Å². The largest absolute Gasteiger partial charge is 0.494 e. The molecule has 1 heterocycles. The van der Waals surface area contributed by atoms with E-state index in [0.29, 0.717) is 18.9 Å². The molecule has 1 saturated carbocycles. The first kappa shape index (κ1) is 23.3. The molecule has 1 aliphatic rings. The molecule has 1 aliphatic carbocycles. The van der Waals surface area contributed by atoms with Gasteiger partial charge in [0.2, 0.25) is 0 Å². The van der Waals surface area contributed by atoms with Crippen LogP contribution in [0.5, 0.6) is 5.75 Å². The quantitative estimate of drug-likeness (QED) is 0.477. The molecule has 0 spiro atoms. The van der Waals surface area contributed by atoms with Crippen LogP contribution in [0.1, 0.15) is 75.1 Å². The summed E-state index contributed by atoms with van der Waals surface area (Å²) in [5, 5.41) is 9.37. The van der Waals surface area contributed by atoms with E-state index in [-0.39, 0.29) is 6.10 Å². The Morgan fingerprint density at radius 3 is 2.55 bits per heavy atom. The number of pyridine rings is 1. The summed E-state index contributed by atoms with van der Waals surface area (Å²) in [4.78, 5) is 15.8. The van der Waals surface area contributed by atoms with Crippen molar-refractivity contribution in [1.82, 2.24) is 4.98 Å². The van der Waals surface area contributed by atoms with Crippen molar-refractivity contribution in [3.05, 3.63) is 59.4 Å². The Morgan fingerprint density at radius 1 is 1.13 bits per heavy atom. The van der Waals surface area contributed by atoms with Gasteiger partial charge in [-0.2, -0.15) is 0 Å². The minimum atomic E-state index is -0.935. The van der Waals surface area contributed by atoms with E-state index < -0.39 is 12.1 Å². The van der Waals surface area contributed by atoms with Gasteiger partial charge in [-0.05, 0) is 80.8 Å². The number of aliphatic carboxylic acids is 1. The first-order valence-electron chi connectivity index (χ1n) is 11.6. The smallest absolute Gasteiger partial charge is 0.333 e. The molecule has 1 unspecified atom stereocenters. The molecule has 1 aromatic heterocycles. The molecule has 2 aromatic rings. The van der Waals surface area contributed by atoms with Crippen molar-refractivity contribution in [2.24, 2.45) is 0 Å². The molecule has 1 fully saturated rings. The van der Waals surface area contributed by atoms with E-state index in [2.05, 4.69) is 29.2 Å². The van der Waals surface area contributed by atoms with Crippen molar-refractivity contribution in [3.8, 4) is 5.75 Å². The van der Waals surface area contributed by atoms with E-state index in [1.807, 2.05) is 26.0 Å².